The number of carbonyl (C=O) groups excluding carboxylic acids is 2. The maximum atomic E-state index is 11.5. The molecule has 2 rings (SSSR count). The predicted octanol–water partition coefficient (Wildman–Crippen LogP) is 2.06. The second-order valence-corrected chi connectivity index (χ2v) is 5.16. The molecule has 2 fully saturated rings. The van der Waals surface area contributed by atoms with Crippen LogP contribution in [0.2, 0.25) is 0 Å². The van der Waals surface area contributed by atoms with E-state index >= 15 is 0 Å². The van der Waals surface area contributed by atoms with E-state index < -0.39 is 16.9 Å². The number of cyclic esters (lactones) is 1. The Hall–Kier alpha value is -0.570. The zero-order chi connectivity index (χ0) is 11.1. The summed E-state index contributed by atoms with van der Waals surface area (Å²) in [5.41, 5.74) is -0.601. The summed E-state index contributed by atoms with van der Waals surface area (Å²) in [5.74, 6) is -0.431. The third-order valence-corrected chi connectivity index (χ3v) is 3.99. The zero-order valence-corrected chi connectivity index (χ0v) is 9.55. The molecule has 1 heterocycles. The normalized spacial score (nSPS) is 38.1. The van der Waals surface area contributed by atoms with Gasteiger partial charge >= 0.3 is 5.97 Å². The van der Waals surface area contributed by atoms with Crippen molar-refractivity contribution in [3.63, 3.8) is 0 Å². The van der Waals surface area contributed by atoms with Gasteiger partial charge in [-0.25, -0.2) is 4.79 Å². The van der Waals surface area contributed by atoms with Crippen LogP contribution in [0.4, 0.5) is 0 Å². The van der Waals surface area contributed by atoms with Gasteiger partial charge < -0.3 is 4.74 Å². The zero-order valence-electron chi connectivity index (χ0n) is 8.79. The standard InChI is InChI=1S/C11H15ClO3/c1-11(7-4-2-3-5-7)6-8(13)9(12)10(14)15-11/h7,9H,2-6H2,1H3. The summed E-state index contributed by atoms with van der Waals surface area (Å²) >= 11 is 5.63. The predicted molar refractivity (Wildman–Crippen MR) is 55.7 cm³/mol. The molecule has 1 aliphatic heterocycles. The second kappa shape index (κ2) is 3.78. The van der Waals surface area contributed by atoms with Crippen molar-refractivity contribution in [3.05, 3.63) is 0 Å². The monoisotopic (exact) mass is 230 g/mol. The van der Waals surface area contributed by atoms with Crippen LogP contribution in [-0.2, 0) is 14.3 Å². The van der Waals surface area contributed by atoms with Crippen molar-refractivity contribution in [2.75, 3.05) is 0 Å². The lowest BCUT2D eigenvalue weighted by Crippen LogP contribution is -2.50. The van der Waals surface area contributed by atoms with Gasteiger partial charge in [0.25, 0.3) is 0 Å². The molecule has 1 saturated heterocycles. The number of ketones is 1. The summed E-state index contributed by atoms with van der Waals surface area (Å²) in [6.45, 7) is 1.86. The Balaban J connectivity index is 2.15. The maximum absolute atomic E-state index is 11.5. The molecule has 4 heteroatoms. The van der Waals surface area contributed by atoms with Crippen LogP contribution in [0, 0.1) is 5.92 Å². The summed E-state index contributed by atoms with van der Waals surface area (Å²) in [7, 11) is 0. The Morgan fingerprint density at radius 3 is 2.47 bits per heavy atom. The largest absolute Gasteiger partial charge is 0.457 e. The first-order chi connectivity index (χ1) is 7.03. The molecular weight excluding hydrogens is 216 g/mol. The van der Waals surface area contributed by atoms with Gasteiger partial charge in [0.15, 0.2) is 11.2 Å². The number of halogens is 1. The summed E-state index contributed by atoms with van der Waals surface area (Å²) in [5, 5.41) is -1.08. The number of hydrogen-bond acceptors (Lipinski definition) is 3. The molecule has 2 unspecified atom stereocenters. The van der Waals surface area contributed by atoms with Crippen molar-refractivity contribution in [2.24, 2.45) is 5.92 Å². The highest BCUT2D eigenvalue weighted by atomic mass is 35.5. The van der Waals surface area contributed by atoms with Crippen LogP contribution in [-0.4, -0.2) is 22.7 Å². The molecule has 0 aromatic heterocycles. The molecule has 1 aliphatic carbocycles. The minimum absolute atomic E-state index is 0.192. The number of Topliss-reactive ketones (excluding diaryl/α,β-unsaturated/α-hetero) is 1. The molecule has 3 nitrogen and oxygen atoms in total. The van der Waals surface area contributed by atoms with Crippen LogP contribution < -0.4 is 0 Å². The summed E-state index contributed by atoms with van der Waals surface area (Å²) in [6, 6.07) is 0. The van der Waals surface area contributed by atoms with Crippen LogP contribution in [0.5, 0.6) is 0 Å². The van der Waals surface area contributed by atoms with E-state index in [0.717, 1.165) is 25.7 Å². The highest BCUT2D eigenvalue weighted by Crippen LogP contribution is 2.41. The molecule has 0 radical (unpaired) electrons. The van der Waals surface area contributed by atoms with Crippen molar-refractivity contribution in [1.29, 1.82) is 0 Å². The van der Waals surface area contributed by atoms with Gasteiger partial charge in [0, 0.05) is 6.42 Å². The Kier molecular flexibility index (Phi) is 2.75. The Morgan fingerprint density at radius 2 is 1.93 bits per heavy atom. The number of alkyl halides is 1. The van der Waals surface area contributed by atoms with Crippen molar-refractivity contribution in [1.82, 2.24) is 0 Å². The fourth-order valence-corrected chi connectivity index (χ4v) is 2.77. The minimum atomic E-state index is -1.08. The first-order valence-corrected chi connectivity index (χ1v) is 5.86. The number of carbonyl (C=O) groups is 2. The lowest BCUT2D eigenvalue weighted by molar-refractivity contribution is -0.173. The van der Waals surface area contributed by atoms with Crippen molar-refractivity contribution in [2.45, 2.75) is 50.0 Å². The molecular formula is C11H15ClO3. The highest BCUT2D eigenvalue weighted by Gasteiger charge is 2.48. The van der Waals surface area contributed by atoms with Gasteiger partial charge in [-0.15, -0.1) is 11.6 Å². The van der Waals surface area contributed by atoms with Crippen LogP contribution in [0.3, 0.4) is 0 Å². The molecule has 0 amide bonds. The van der Waals surface area contributed by atoms with Gasteiger partial charge in [-0.2, -0.15) is 0 Å². The quantitative estimate of drug-likeness (QED) is 0.394. The molecule has 0 spiro atoms. The summed E-state index contributed by atoms with van der Waals surface area (Å²) in [4.78, 5) is 22.9. The number of ether oxygens (including phenoxy) is 1. The number of rotatable bonds is 1. The van der Waals surface area contributed by atoms with Crippen LogP contribution in [0.1, 0.15) is 39.0 Å². The highest BCUT2D eigenvalue weighted by molar-refractivity contribution is 6.41. The Morgan fingerprint density at radius 1 is 1.33 bits per heavy atom. The van der Waals surface area contributed by atoms with Crippen molar-refractivity contribution < 1.29 is 14.3 Å². The van der Waals surface area contributed by atoms with E-state index in [2.05, 4.69) is 0 Å². The molecule has 15 heavy (non-hydrogen) atoms. The van der Waals surface area contributed by atoms with Crippen molar-refractivity contribution >= 4 is 23.4 Å². The summed E-state index contributed by atoms with van der Waals surface area (Å²) < 4.78 is 5.35. The molecule has 0 aromatic rings. The van der Waals surface area contributed by atoms with Crippen molar-refractivity contribution in [3.8, 4) is 0 Å². The second-order valence-electron chi connectivity index (χ2n) is 4.72. The van der Waals surface area contributed by atoms with E-state index in [1.54, 1.807) is 0 Å². The average molecular weight is 231 g/mol. The van der Waals surface area contributed by atoms with Gasteiger partial charge in [-0.3, -0.25) is 4.79 Å². The van der Waals surface area contributed by atoms with Gasteiger partial charge in [0.05, 0.1) is 0 Å². The molecule has 1 saturated carbocycles. The van der Waals surface area contributed by atoms with E-state index in [-0.39, 0.29) is 12.2 Å². The lowest BCUT2D eigenvalue weighted by Gasteiger charge is -2.38. The van der Waals surface area contributed by atoms with E-state index in [1.165, 1.54) is 0 Å². The van der Waals surface area contributed by atoms with Crippen LogP contribution >= 0.6 is 11.6 Å². The first kappa shape index (κ1) is 10.9. The van der Waals surface area contributed by atoms with Crippen LogP contribution in [0.15, 0.2) is 0 Å². The number of hydrogen-bond donors (Lipinski definition) is 0. The maximum Gasteiger partial charge on any atom is 0.332 e. The third-order valence-electron chi connectivity index (χ3n) is 3.57. The molecule has 84 valence electrons. The fourth-order valence-electron chi connectivity index (χ4n) is 2.65. The molecule has 0 bridgehead atoms. The Labute approximate surface area is 94.1 Å². The molecule has 0 N–H and O–H groups in total. The third kappa shape index (κ3) is 1.89. The molecule has 2 atom stereocenters. The van der Waals surface area contributed by atoms with E-state index in [0.29, 0.717) is 5.92 Å². The van der Waals surface area contributed by atoms with Gasteiger partial charge in [-0.05, 0) is 25.7 Å². The van der Waals surface area contributed by atoms with Gasteiger partial charge in [0.2, 0.25) is 0 Å². The summed E-state index contributed by atoms with van der Waals surface area (Å²) in [6.07, 6.45) is 4.69. The Bertz CT molecular complexity index is 276. The fraction of sp³-hybridized carbons (Fsp3) is 0.818. The molecule has 2 aliphatic rings. The smallest absolute Gasteiger partial charge is 0.332 e. The first-order valence-electron chi connectivity index (χ1n) is 5.42. The SMILES string of the molecule is CC1(C2CCCC2)CC(=O)C(Cl)C(=O)O1. The van der Waals surface area contributed by atoms with Crippen LogP contribution in [0.25, 0.3) is 0 Å². The average Bonchev–Trinajstić information content (AvgIpc) is 2.67. The topological polar surface area (TPSA) is 43.4 Å². The minimum Gasteiger partial charge on any atom is -0.457 e. The number of esters is 1. The molecule has 0 aromatic carbocycles. The van der Waals surface area contributed by atoms with Gasteiger partial charge in [0.1, 0.15) is 5.60 Å². The van der Waals surface area contributed by atoms with E-state index in [1.807, 2.05) is 6.92 Å². The van der Waals surface area contributed by atoms with Gasteiger partial charge in [-0.1, -0.05) is 12.8 Å². The van der Waals surface area contributed by atoms with E-state index in [9.17, 15) is 9.59 Å². The lowest BCUT2D eigenvalue weighted by atomic mass is 9.81. The van der Waals surface area contributed by atoms with E-state index in [4.69, 9.17) is 16.3 Å².